The highest BCUT2D eigenvalue weighted by Crippen LogP contribution is 2.31. The van der Waals surface area contributed by atoms with E-state index in [1.807, 2.05) is 41.8 Å². The first-order chi connectivity index (χ1) is 13.2. The van der Waals surface area contributed by atoms with Crippen molar-refractivity contribution in [2.45, 2.75) is 0 Å². The van der Waals surface area contributed by atoms with Gasteiger partial charge < -0.3 is 10.6 Å². The second-order valence-electron chi connectivity index (χ2n) is 5.81. The van der Waals surface area contributed by atoms with Gasteiger partial charge in [-0.25, -0.2) is 9.97 Å². The van der Waals surface area contributed by atoms with Gasteiger partial charge in [0.05, 0.1) is 21.9 Å². The Labute approximate surface area is 166 Å². The van der Waals surface area contributed by atoms with Gasteiger partial charge in [0, 0.05) is 21.7 Å². The normalized spacial score (nSPS) is 11.1. The van der Waals surface area contributed by atoms with Gasteiger partial charge >= 0.3 is 0 Å². The average Bonchev–Trinajstić information content (AvgIpc) is 3.32. The molecule has 3 N–H and O–H groups in total. The lowest BCUT2D eigenvalue weighted by atomic mass is 10.2. The van der Waals surface area contributed by atoms with Crippen LogP contribution < -0.4 is 10.6 Å². The summed E-state index contributed by atoms with van der Waals surface area (Å²) in [5.41, 5.74) is 2.81. The molecule has 1 aromatic carbocycles. The number of benzene rings is 1. The predicted octanol–water partition coefficient (Wildman–Crippen LogP) is 5.21. The van der Waals surface area contributed by atoms with Crippen LogP contribution in [0, 0.1) is 0 Å². The van der Waals surface area contributed by atoms with Crippen LogP contribution in [-0.4, -0.2) is 25.1 Å². The summed E-state index contributed by atoms with van der Waals surface area (Å²) in [5, 5.41) is 16.6. The minimum atomic E-state index is 0.489. The highest BCUT2D eigenvalue weighted by atomic mass is 79.9. The number of fused-ring (bicyclic) bond motifs is 2. The molecule has 0 aliphatic rings. The van der Waals surface area contributed by atoms with E-state index in [4.69, 9.17) is 0 Å². The van der Waals surface area contributed by atoms with Crippen LogP contribution in [0.4, 0.5) is 23.3 Å². The van der Waals surface area contributed by atoms with Gasteiger partial charge in [0.25, 0.3) is 0 Å². The highest BCUT2D eigenvalue weighted by Gasteiger charge is 2.11. The highest BCUT2D eigenvalue weighted by molar-refractivity contribution is 9.10. The summed E-state index contributed by atoms with van der Waals surface area (Å²) in [6.07, 6.45) is 3.53. The van der Waals surface area contributed by atoms with E-state index in [0.717, 1.165) is 37.1 Å². The second-order valence-corrected chi connectivity index (χ2v) is 7.65. The summed E-state index contributed by atoms with van der Waals surface area (Å²) < 4.78 is 1.91. The number of aromatic amines is 1. The lowest BCUT2D eigenvalue weighted by Gasteiger charge is -2.10. The van der Waals surface area contributed by atoms with Gasteiger partial charge in [-0.1, -0.05) is 0 Å². The first kappa shape index (κ1) is 16.2. The maximum atomic E-state index is 4.66. The van der Waals surface area contributed by atoms with E-state index in [2.05, 4.69) is 51.7 Å². The molecule has 5 rings (SSSR count). The van der Waals surface area contributed by atoms with E-state index >= 15 is 0 Å². The minimum Gasteiger partial charge on any atom is -0.339 e. The van der Waals surface area contributed by atoms with Gasteiger partial charge in [0.2, 0.25) is 5.95 Å². The zero-order valence-corrected chi connectivity index (χ0v) is 16.2. The van der Waals surface area contributed by atoms with Crippen LogP contribution in [0.2, 0.25) is 0 Å². The Hall–Kier alpha value is -3.04. The van der Waals surface area contributed by atoms with Gasteiger partial charge in [-0.3, -0.25) is 5.10 Å². The summed E-state index contributed by atoms with van der Waals surface area (Å²) in [4.78, 5) is 13.6. The number of hydrogen-bond donors (Lipinski definition) is 3. The molecular formula is C18H12BrN7S. The molecule has 4 aromatic heterocycles. The fourth-order valence-electron chi connectivity index (χ4n) is 2.73. The Balaban J connectivity index is 1.52. The van der Waals surface area contributed by atoms with Gasteiger partial charge in [0.15, 0.2) is 5.82 Å². The van der Waals surface area contributed by atoms with Crippen molar-refractivity contribution in [1.82, 2.24) is 25.1 Å². The standard InChI is InChI=1S/C18H12BrN7S/c19-11-1-4-15(20-9-11)24-18-23-14-5-6-27-16(14)17(25-18)22-12-2-3-13-10(7-12)8-21-26-13/h1-9H,(H,21,26)(H2,20,22,23,24,25). The molecule has 0 aliphatic carbocycles. The van der Waals surface area contributed by atoms with Crippen LogP contribution in [0.5, 0.6) is 0 Å². The molecule has 0 amide bonds. The fourth-order valence-corrected chi connectivity index (χ4v) is 3.74. The van der Waals surface area contributed by atoms with Gasteiger partial charge in [-0.2, -0.15) is 10.1 Å². The number of H-pyrrole nitrogens is 1. The SMILES string of the molecule is Brc1ccc(Nc2nc(Nc3ccc4[nH]ncc4c3)c3sccc3n2)nc1. The lowest BCUT2D eigenvalue weighted by Crippen LogP contribution is -2.02. The first-order valence-electron chi connectivity index (χ1n) is 8.08. The maximum absolute atomic E-state index is 4.66. The van der Waals surface area contributed by atoms with Crippen molar-refractivity contribution in [2.24, 2.45) is 0 Å². The van der Waals surface area contributed by atoms with E-state index in [9.17, 15) is 0 Å². The van der Waals surface area contributed by atoms with Crippen molar-refractivity contribution < 1.29 is 0 Å². The number of halogens is 1. The first-order valence-corrected chi connectivity index (χ1v) is 9.76. The molecule has 9 heteroatoms. The largest absolute Gasteiger partial charge is 0.339 e. The summed E-state index contributed by atoms with van der Waals surface area (Å²) in [6, 6.07) is 11.8. The van der Waals surface area contributed by atoms with Crippen molar-refractivity contribution >= 4 is 71.7 Å². The average molecular weight is 438 g/mol. The number of thiophene rings is 1. The molecule has 5 aromatic rings. The molecule has 0 aliphatic heterocycles. The molecule has 0 fully saturated rings. The summed E-state index contributed by atoms with van der Waals surface area (Å²) in [6.45, 7) is 0. The molecule has 0 atom stereocenters. The van der Waals surface area contributed by atoms with E-state index in [0.29, 0.717) is 11.8 Å². The molecular weight excluding hydrogens is 426 g/mol. The van der Waals surface area contributed by atoms with Crippen molar-refractivity contribution in [1.29, 1.82) is 0 Å². The van der Waals surface area contributed by atoms with E-state index in [-0.39, 0.29) is 0 Å². The molecule has 0 radical (unpaired) electrons. The Kier molecular flexibility index (Phi) is 3.95. The third-order valence-corrected chi connectivity index (χ3v) is 5.35. The summed E-state index contributed by atoms with van der Waals surface area (Å²) in [7, 11) is 0. The van der Waals surface area contributed by atoms with E-state index in [1.54, 1.807) is 23.7 Å². The molecule has 0 spiro atoms. The van der Waals surface area contributed by atoms with Crippen molar-refractivity contribution in [3.8, 4) is 0 Å². The molecule has 0 bridgehead atoms. The Bertz CT molecular complexity index is 1250. The van der Waals surface area contributed by atoms with Crippen molar-refractivity contribution in [2.75, 3.05) is 10.6 Å². The molecule has 0 saturated carbocycles. The number of nitrogens with one attached hydrogen (secondary N) is 3. The summed E-state index contributed by atoms with van der Waals surface area (Å²) >= 11 is 4.98. The van der Waals surface area contributed by atoms with Gasteiger partial charge in [-0.05, 0) is 57.7 Å². The van der Waals surface area contributed by atoms with Crippen LogP contribution in [0.25, 0.3) is 21.1 Å². The number of rotatable bonds is 4. The smallest absolute Gasteiger partial charge is 0.231 e. The Morgan fingerprint density at radius 3 is 2.85 bits per heavy atom. The maximum Gasteiger partial charge on any atom is 0.231 e. The molecule has 0 unspecified atom stereocenters. The third-order valence-electron chi connectivity index (χ3n) is 3.97. The minimum absolute atomic E-state index is 0.489. The third kappa shape index (κ3) is 3.22. The number of anilines is 4. The number of nitrogens with zero attached hydrogens (tertiary/aromatic N) is 4. The topological polar surface area (TPSA) is 91.4 Å². The molecule has 4 heterocycles. The van der Waals surface area contributed by atoms with Crippen molar-refractivity contribution in [3.05, 3.63) is 58.6 Å². The lowest BCUT2D eigenvalue weighted by molar-refractivity contribution is 1.12. The molecule has 27 heavy (non-hydrogen) atoms. The number of hydrogen-bond acceptors (Lipinski definition) is 7. The van der Waals surface area contributed by atoms with Crippen LogP contribution in [0.15, 0.2) is 58.6 Å². The predicted molar refractivity (Wildman–Crippen MR) is 112 cm³/mol. The number of pyridine rings is 1. The zero-order chi connectivity index (χ0) is 18.2. The van der Waals surface area contributed by atoms with Crippen LogP contribution in [-0.2, 0) is 0 Å². The zero-order valence-electron chi connectivity index (χ0n) is 13.8. The van der Waals surface area contributed by atoms with E-state index < -0.39 is 0 Å². The summed E-state index contributed by atoms with van der Waals surface area (Å²) in [5.74, 6) is 1.92. The van der Waals surface area contributed by atoms with Crippen LogP contribution >= 0.6 is 27.3 Å². The molecule has 132 valence electrons. The fraction of sp³-hybridized carbons (Fsp3) is 0. The molecule has 0 saturated heterocycles. The van der Waals surface area contributed by atoms with Gasteiger partial charge in [0.1, 0.15) is 5.82 Å². The number of aromatic nitrogens is 5. The Morgan fingerprint density at radius 1 is 1.00 bits per heavy atom. The monoisotopic (exact) mass is 437 g/mol. The van der Waals surface area contributed by atoms with Crippen molar-refractivity contribution in [3.63, 3.8) is 0 Å². The van der Waals surface area contributed by atoms with Gasteiger partial charge in [-0.15, -0.1) is 11.3 Å². The van der Waals surface area contributed by atoms with E-state index in [1.165, 1.54) is 0 Å². The van der Waals surface area contributed by atoms with Crippen LogP contribution in [0.1, 0.15) is 0 Å². The molecule has 7 nitrogen and oxygen atoms in total. The quantitative estimate of drug-likeness (QED) is 0.357. The second kappa shape index (κ2) is 6.60. The van der Waals surface area contributed by atoms with Crippen LogP contribution in [0.3, 0.4) is 0 Å². The Morgan fingerprint density at radius 2 is 1.96 bits per heavy atom.